The topological polar surface area (TPSA) is 47.6 Å². The Balaban J connectivity index is 1.51. The van der Waals surface area contributed by atoms with Crippen molar-refractivity contribution in [1.29, 1.82) is 0 Å². The smallest absolute Gasteiger partial charge is 0.238 e. The SMILES string of the molecule is CCN1CCN(c2ccc(NC(=O)CNC(c3ccc(Cl)cc3)C(C)C)cc2)CC1. The zero-order valence-electron chi connectivity index (χ0n) is 18.2. The van der Waals surface area contributed by atoms with Crippen LogP contribution in [0.4, 0.5) is 11.4 Å². The lowest BCUT2D eigenvalue weighted by Crippen LogP contribution is -2.46. The Morgan fingerprint density at radius 1 is 1.00 bits per heavy atom. The molecule has 1 amide bonds. The van der Waals surface area contributed by atoms with Gasteiger partial charge in [-0.1, -0.05) is 44.5 Å². The van der Waals surface area contributed by atoms with E-state index in [2.05, 4.69) is 53.3 Å². The number of benzene rings is 2. The van der Waals surface area contributed by atoms with Crippen molar-refractivity contribution >= 4 is 28.9 Å². The number of carbonyl (C=O) groups excluding carboxylic acids is 1. The second-order valence-electron chi connectivity index (χ2n) is 8.17. The second-order valence-corrected chi connectivity index (χ2v) is 8.61. The maximum absolute atomic E-state index is 12.5. The fraction of sp³-hybridized carbons (Fsp3) is 0.458. The van der Waals surface area contributed by atoms with Gasteiger partial charge in [-0.05, 0) is 54.4 Å². The van der Waals surface area contributed by atoms with Gasteiger partial charge in [-0.15, -0.1) is 0 Å². The van der Waals surface area contributed by atoms with Crippen molar-refractivity contribution in [3.05, 3.63) is 59.1 Å². The molecule has 1 aliphatic rings. The third kappa shape index (κ3) is 6.21. The van der Waals surface area contributed by atoms with Crippen LogP contribution in [0.25, 0.3) is 0 Å². The number of nitrogens with zero attached hydrogens (tertiary/aromatic N) is 2. The number of halogens is 1. The van der Waals surface area contributed by atoms with Crippen LogP contribution in [0.5, 0.6) is 0 Å². The third-order valence-corrected chi connectivity index (χ3v) is 5.97. The van der Waals surface area contributed by atoms with Crippen molar-refractivity contribution in [1.82, 2.24) is 10.2 Å². The van der Waals surface area contributed by atoms with E-state index < -0.39 is 0 Å². The molecule has 1 saturated heterocycles. The predicted octanol–water partition coefficient (Wildman–Crippen LogP) is 4.41. The molecule has 1 atom stereocenters. The van der Waals surface area contributed by atoms with Gasteiger partial charge < -0.3 is 20.4 Å². The minimum Gasteiger partial charge on any atom is -0.369 e. The highest BCUT2D eigenvalue weighted by atomic mass is 35.5. The van der Waals surface area contributed by atoms with Crippen molar-refractivity contribution in [2.24, 2.45) is 5.92 Å². The van der Waals surface area contributed by atoms with Crippen LogP contribution in [-0.2, 0) is 4.79 Å². The minimum atomic E-state index is -0.0427. The van der Waals surface area contributed by atoms with Gasteiger partial charge in [-0.25, -0.2) is 0 Å². The van der Waals surface area contributed by atoms with Crippen molar-refractivity contribution in [3.8, 4) is 0 Å². The molecule has 162 valence electrons. The third-order valence-electron chi connectivity index (χ3n) is 5.71. The monoisotopic (exact) mass is 428 g/mol. The number of carbonyl (C=O) groups is 1. The normalized spacial score (nSPS) is 16.0. The van der Waals surface area contributed by atoms with Crippen LogP contribution in [0.2, 0.25) is 5.02 Å². The molecule has 3 rings (SSSR count). The van der Waals surface area contributed by atoms with E-state index >= 15 is 0 Å². The van der Waals surface area contributed by atoms with E-state index in [0.717, 1.165) is 49.0 Å². The molecule has 0 bridgehead atoms. The number of rotatable bonds is 8. The van der Waals surface area contributed by atoms with Crippen LogP contribution in [-0.4, -0.2) is 50.1 Å². The van der Waals surface area contributed by atoms with Crippen molar-refractivity contribution in [2.45, 2.75) is 26.8 Å². The van der Waals surface area contributed by atoms with Gasteiger partial charge >= 0.3 is 0 Å². The highest BCUT2D eigenvalue weighted by Crippen LogP contribution is 2.23. The van der Waals surface area contributed by atoms with Gasteiger partial charge in [0, 0.05) is 48.6 Å². The molecule has 0 aromatic heterocycles. The Morgan fingerprint density at radius 2 is 1.63 bits per heavy atom. The van der Waals surface area contributed by atoms with E-state index in [9.17, 15) is 4.79 Å². The quantitative estimate of drug-likeness (QED) is 0.653. The zero-order chi connectivity index (χ0) is 21.5. The largest absolute Gasteiger partial charge is 0.369 e. The lowest BCUT2D eigenvalue weighted by atomic mass is 9.96. The minimum absolute atomic E-state index is 0.0427. The molecule has 0 aliphatic carbocycles. The molecular weight excluding hydrogens is 396 g/mol. The first-order chi connectivity index (χ1) is 14.5. The summed E-state index contributed by atoms with van der Waals surface area (Å²) < 4.78 is 0. The average molecular weight is 429 g/mol. The van der Waals surface area contributed by atoms with E-state index in [0.29, 0.717) is 5.92 Å². The summed E-state index contributed by atoms with van der Waals surface area (Å²) in [6, 6.07) is 16.0. The Hall–Kier alpha value is -2.08. The summed E-state index contributed by atoms with van der Waals surface area (Å²) in [5, 5.41) is 7.09. The lowest BCUT2D eigenvalue weighted by molar-refractivity contribution is -0.115. The van der Waals surface area contributed by atoms with Crippen LogP contribution in [0, 0.1) is 5.92 Å². The number of likely N-dealkylation sites (N-methyl/N-ethyl adjacent to an activating group) is 1. The molecule has 0 spiro atoms. The van der Waals surface area contributed by atoms with Crippen LogP contribution in [0.3, 0.4) is 0 Å². The van der Waals surface area contributed by atoms with Gasteiger partial charge in [0.05, 0.1) is 6.54 Å². The molecule has 0 saturated carbocycles. The number of anilines is 2. The van der Waals surface area contributed by atoms with Gasteiger partial charge in [0.25, 0.3) is 0 Å². The molecule has 2 aromatic rings. The Labute approximate surface area is 185 Å². The summed E-state index contributed by atoms with van der Waals surface area (Å²) >= 11 is 6.00. The Kier molecular flexibility index (Phi) is 8.14. The first-order valence-corrected chi connectivity index (χ1v) is 11.2. The van der Waals surface area contributed by atoms with Gasteiger partial charge in [-0.2, -0.15) is 0 Å². The number of hydrogen-bond donors (Lipinski definition) is 2. The van der Waals surface area contributed by atoms with E-state index in [1.165, 1.54) is 5.69 Å². The number of amides is 1. The highest BCUT2D eigenvalue weighted by Gasteiger charge is 2.17. The van der Waals surface area contributed by atoms with E-state index in [1.807, 2.05) is 36.4 Å². The van der Waals surface area contributed by atoms with E-state index in [-0.39, 0.29) is 18.5 Å². The maximum atomic E-state index is 12.5. The van der Waals surface area contributed by atoms with Crippen molar-refractivity contribution in [2.75, 3.05) is 49.5 Å². The van der Waals surface area contributed by atoms with E-state index in [4.69, 9.17) is 11.6 Å². The van der Waals surface area contributed by atoms with Gasteiger partial charge in [-0.3, -0.25) is 4.79 Å². The first-order valence-electron chi connectivity index (χ1n) is 10.8. The zero-order valence-corrected chi connectivity index (χ0v) is 19.0. The summed E-state index contributed by atoms with van der Waals surface area (Å²) in [6.45, 7) is 12.2. The van der Waals surface area contributed by atoms with Crippen LogP contribution >= 0.6 is 11.6 Å². The van der Waals surface area contributed by atoms with Gasteiger partial charge in [0.1, 0.15) is 0 Å². The van der Waals surface area contributed by atoms with Gasteiger partial charge in [0.15, 0.2) is 0 Å². The molecule has 1 aliphatic heterocycles. The molecule has 30 heavy (non-hydrogen) atoms. The second kappa shape index (κ2) is 10.8. The highest BCUT2D eigenvalue weighted by molar-refractivity contribution is 6.30. The number of hydrogen-bond acceptors (Lipinski definition) is 4. The Bertz CT molecular complexity index is 799. The number of piperazine rings is 1. The Morgan fingerprint density at radius 3 is 2.20 bits per heavy atom. The molecular formula is C24H33ClN4O. The summed E-state index contributed by atoms with van der Waals surface area (Å²) in [6.07, 6.45) is 0. The van der Waals surface area contributed by atoms with Crippen LogP contribution in [0.15, 0.2) is 48.5 Å². The van der Waals surface area contributed by atoms with Crippen LogP contribution in [0.1, 0.15) is 32.4 Å². The first kappa shape index (κ1) is 22.6. The van der Waals surface area contributed by atoms with Gasteiger partial charge in [0.2, 0.25) is 5.91 Å². The van der Waals surface area contributed by atoms with E-state index in [1.54, 1.807) is 0 Å². The maximum Gasteiger partial charge on any atom is 0.238 e. The molecule has 2 aromatic carbocycles. The molecule has 6 heteroatoms. The van der Waals surface area contributed by atoms with Crippen LogP contribution < -0.4 is 15.5 Å². The number of nitrogens with one attached hydrogen (secondary N) is 2. The lowest BCUT2D eigenvalue weighted by Gasteiger charge is -2.35. The molecule has 2 N–H and O–H groups in total. The molecule has 1 heterocycles. The summed E-state index contributed by atoms with van der Waals surface area (Å²) in [4.78, 5) is 17.3. The van der Waals surface area contributed by atoms with Crippen molar-refractivity contribution < 1.29 is 4.79 Å². The summed E-state index contributed by atoms with van der Waals surface area (Å²) in [5.41, 5.74) is 3.17. The summed E-state index contributed by atoms with van der Waals surface area (Å²) in [5.74, 6) is 0.311. The predicted molar refractivity (Wildman–Crippen MR) is 126 cm³/mol. The molecule has 0 radical (unpaired) electrons. The standard InChI is InChI=1S/C24H33ClN4O/c1-4-28-13-15-29(16-14-28)22-11-9-21(10-12-22)27-23(30)17-26-24(18(2)3)19-5-7-20(25)8-6-19/h5-12,18,24,26H,4,13-17H2,1-3H3,(H,27,30). The summed E-state index contributed by atoms with van der Waals surface area (Å²) in [7, 11) is 0. The average Bonchev–Trinajstić information content (AvgIpc) is 2.75. The molecule has 1 fully saturated rings. The molecule has 1 unspecified atom stereocenters. The fourth-order valence-electron chi connectivity index (χ4n) is 3.89. The fourth-order valence-corrected chi connectivity index (χ4v) is 4.02. The molecule has 5 nitrogen and oxygen atoms in total. The van der Waals surface area contributed by atoms with Crippen molar-refractivity contribution in [3.63, 3.8) is 0 Å².